The number of benzene rings is 3. The predicted molar refractivity (Wildman–Crippen MR) is 132 cm³/mol. The van der Waals surface area contributed by atoms with Crippen LogP contribution in [0.1, 0.15) is 30.0 Å². The molecule has 2 heterocycles. The number of hydrogen-bond donors (Lipinski definition) is 0. The average Bonchev–Trinajstić information content (AvgIpc) is 3.47. The lowest BCUT2D eigenvalue weighted by atomic mass is 9.86. The molecule has 1 aliphatic rings. The summed E-state index contributed by atoms with van der Waals surface area (Å²) < 4.78 is 1.93. The molecule has 174 valence electrons. The van der Waals surface area contributed by atoms with Gasteiger partial charge >= 0.3 is 6.03 Å². The molecule has 1 aliphatic heterocycles. The van der Waals surface area contributed by atoms with E-state index in [4.69, 9.17) is 0 Å². The van der Waals surface area contributed by atoms with Crippen molar-refractivity contribution in [2.75, 3.05) is 6.54 Å². The highest BCUT2D eigenvalue weighted by molar-refractivity contribution is 6.09. The minimum atomic E-state index is -1.18. The summed E-state index contributed by atoms with van der Waals surface area (Å²) >= 11 is 0. The van der Waals surface area contributed by atoms with Gasteiger partial charge in [-0.2, -0.15) is 5.26 Å². The standard InChI is InChI=1S/C28H25N5O2/c1-28(25-12-5-10-23-9-2-3-11-24(23)25)26(34)32(15-6-14-31-16-13-30-20-31)27(35)33(28)19-22-8-4-7-21(17-22)18-29/h2-5,7-13,16-17,20H,6,14-15,19H2,1H3/t28-/m1/s1. The molecule has 0 spiro atoms. The Morgan fingerprint density at radius 1 is 1.00 bits per heavy atom. The molecule has 0 radical (unpaired) electrons. The van der Waals surface area contributed by atoms with Crippen LogP contribution < -0.4 is 0 Å². The summed E-state index contributed by atoms with van der Waals surface area (Å²) in [6.45, 7) is 3.02. The van der Waals surface area contributed by atoms with E-state index in [-0.39, 0.29) is 18.5 Å². The zero-order valence-corrected chi connectivity index (χ0v) is 19.5. The third kappa shape index (κ3) is 3.93. The van der Waals surface area contributed by atoms with Gasteiger partial charge in [-0.25, -0.2) is 9.78 Å². The van der Waals surface area contributed by atoms with E-state index >= 15 is 0 Å². The van der Waals surface area contributed by atoms with E-state index < -0.39 is 5.54 Å². The Hall–Kier alpha value is -4.44. The first-order chi connectivity index (χ1) is 17.0. The summed E-state index contributed by atoms with van der Waals surface area (Å²) in [5, 5.41) is 11.3. The second-order valence-electron chi connectivity index (χ2n) is 8.89. The Balaban J connectivity index is 1.54. The van der Waals surface area contributed by atoms with Gasteiger partial charge < -0.3 is 9.47 Å². The summed E-state index contributed by atoms with van der Waals surface area (Å²) in [5.41, 5.74) is 0.930. The highest BCUT2D eigenvalue weighted by Gasteiger charge is 2.55. The largest absolute Gasteiger partial charge is 0.337 e. The first-order valence-electron chi connectivity index (χ1n) is 11.6. The normalized spacial score (nSPS) is 17.8. The number of hydrogen-bond acceptors (Lipinski definition) is 4. The number of carbonyl (C=O) groups excluding carboxylic acids is 2. The van der Waals surface area contributed by atoms with Crippen LogP contribution in [0.3, 0.4) is 0 Å². The van der Waals surface area contributed by atoms with E-state index in [1.807, 2.05) is 66.2 Å². The highest BCUT2D eigenvalue weighted by atomic mass is 16.2. The first kappa shape index (κ1) is 22.4. The van der Waals surface area contributed by atoms with E-state index in [1.165, 1.54) is 4.90 Å². The van der Waals surface area contributed by atoms with Gasteiger partial charge in [0.2, 0.25) is 0 Å². The second kappa shape index (κ2) is 9.07. The maximum Gasteiger partial charge on any atom is 0.328 e. The minimum Gasteiger partial charge on any atom is -0.337 e. The first-order valence-corrected chi connectivity index (χ1v) is 11.6. The van der Waals surface area contributed by atoms with Gasteiger partial charge in [0.05, 0.1) is 18.0 Å². The van der Waals surface area contributed by atoms with Crippen molar-refractivity contribution in [2.45, 2.75) is 32.0 Å². The van der Waals surface area contributed by atoms with Crippen LogP contribution in [0.5, 0.6) is 0 Å². The van der Waals surface area contributed by atoms with Crippen molar-refractivity contribution in [3.05, 3.63) is 102 Å². The van der Waals surface area contributed by atoms with Crippen LogP contribution in [-0.4, -0.2) is 37.8 Å². The fourth-order valence-electron chi connectivity index (χ4n) is 4.89. The predicted octanol–water partition coefficient (Wildman–Crippen LogP) is 4.68. The number of rotatable bonds is 7. The van der Waals surface area contributed by atoms with Crippen LogP contribution in [0, 0.1) is 11.3 Å². The molecule has 0 saturated carbocycles. The molecule has 1 aromatic heterocycles. The number of aryl methyl sites for hydroxylation is 1. The third-order valence-electron chi connectivity index (χ3n) is 6.73. The SMILES string of the molecule is C[C@@]1(c2cccc3ccccc23)C(=O)N(CCCn2ccnc2)C(=O)N1Cc1cccc(C#N)c1. The number of imidazole rings is 1. The number of urea groups is 1. The molecule has 35 heavy (non-hydrogen) atoms. The fourth-order valence-corrected chi connectivity index (χ4v) is 4.89. The van der Waals surface area contributed by atoms with Gasteiger partial charge in [-0.3, -0.25) is 9.69 Å². The summed E-state index contributed by atoms with van der Waals surface area (Å²) in [7, 11) is 0. The van der Waals surface area contributed by atoms with E-state index in [2.05, 4.69) is 11.1 Å². The third-order valence-corrected chi connectivity index (χ3v) is 6.73. The molecule has 3 amide bonds. The number of carbonyl (C=O) groups is 2. The molecule has 1 atom stereocenters. The van der Waals surface area contributed by atoms with Gasteiger partial charge in [0, 0.05) is 32.0 Å². The van der Waals surface area contributed by atoms with Crippen molar-refractivity contribution < 1.29 is 9.59 Å². The Bertz CT molecular complexity index is 1430. The smallest absolute Gasteiger partial charge is 0.328 e. The van der Waals surface area contributed by atoms with Gasteiger partial charge in [-0.05, 0) is 47.4 Å². The van der Waals surface area contributed by atoms with Gasteiger partial charge in [0.25, 0.3) is 5.91 Å². The Labute approximate surface area is 203 Å². The van der Waals surface area contributed by atoms with Crippen molar-refractivity contribution in [2.24, 2.45) is 0 Å². The zero-order valence-electron chi connectivity index (χ0n) is 19.5. The van der Waals surface area contributed by atoms with Crippen LogP contribution in [0.25, 0.3) is 10.8 Å². The number of nitriles is 1. The van der Waals surface area contributed by atoms with Gasteiger partial charge in [-0.1, -0.05) is 54.6 Å². The lowest BCUT2D eigenvalue weighted by Gasteiger charge is -2.33. The summed E-state index contributed by atoms with van der Waals surface area (Å²) in [5.74, 6) is -0.235. The molecule has 0 aliphatic carbocycles. The number of amides is 3. The molecule has 5 rings (SSSR count). The van der Waals surface area contributed by atoms with Crippen LogP contribution in [0.2, 0.25) is 0 Å². The van der Waals surface area contributed by atoms with E-state index in [9.17, 15) is 14.9 Å². The number of nitrogens with zero attached hydrogens (tertiary/aromatic N) is 5. The van der Waals surface area contributed by atoms with E-state index in [1.54, 1.807) is 35.6 Å². The second-order valence-corrected chi connectivity index (χ2v) is 8.89. The van der Waals surface area contributed by atoms with Crippen molar-refractivity contribution in [3.8, 4) is 6.07 Å². The summed E-state index contributed by atoms with van der Waals surface area (Å²) in [6, 6.07) is 22.8. The van der Waals surface area contributed by atoms with E-state index in [0.29, 0.717) is 25.1 Å². The summed E-state index contributed by atoms with van der Waals surface area (Å²) in [6.07, 6.45) is 5.92. The molecule has 0 unspecified atom stereocenters. The maximum absolute atomic E-state index is 14.0. The minimum absolute atomic E-state index is 0.220. The average molecular weight is 464 g/mol. The number of fused-ring (bicyclic) bond motifs is 1. The fraction of sp³-hybridized carbons (Fsp3) is 0.214. The lowest BCUT2D eigenvalue weighted by molar-refractivity contribution is -0.133. The molecule has 7 heteroatoms. The van der Waals surface area contributed by atoms with Gasteiger partial charge in [-0.15, -0.1) is 0 Å². The van der Waals surface area contributed by atoms with Crippen molar-refractivity contribution in [3.63, 3.8) is 0 Å². The maximum atomic E-state index is 14.0. The zero-order chi connectivity index (χ0) is 24.4. The molecule has 1 fully saturated rings. The molecule has 1 saturated heterocycles. The molecule has 7 nitrogen and oxygen atoms in total. The van der Waals surface area contributed by atoms with Crippen LogP contribution in [-0.2, 0) is 23.4 Å². The molecular weight excluding hydrogens is 438 g/mol. The quantitative estimate of drug-likeness (QED) is 0.373. The van der Waals surface area contributed by atoms with Crippen molar-refractivity contribution in [1.82, 2.24) is 19.4 Å². The van der Waals surface area contributed by atoms with E-state index in [0.717, 1.165) is 21.9 Å². The van der Waals surface area contributed by atoms with Crippen molar-refractivity contribution in [1.29, 1.82) is 5.26 Å². The topological polar surface area (TPSA) is 82.2 Å². The lowest BCUT2D eigenvalue weighted by Crippen LogP contribution is -2.44. The van der Waals surface area contributed by atoms with Crippen molar-refractivity contribution >= 4 is 22.7 Å². The van der Waals surface area contributed by atoms with Gasteiger partial charge in [0.15, 0.2) is 0 Å². The van der Waals surface area contributed by atoms with Crippen LogP contribution >= 0.6 is 0 Å². The van der Waals surface area contributed by atoms with Gasteiger partial charge in [0.1, 0.15) is 5.54 Å². The molecular formula is C28H25N5O2. The number of aromatic nitrogens is 2. The van der Waals surface area contributed by atoms with Crippen LogP contribution in [0.4, 0.5) is 4.79 Å². The Morgan fingerprint density at radius 2 is 1.80 bits per heavy atom. The Morgan fingerprint density at radius 3 is 2.60 bits per heavy atom. The molecule has 4 aromatic rings. The molecule has 3 aromatic carbocycles. The molecule has 0 N–H and O–H groups in total. The van der Waals surface area contributed by atoms with Crippen LogP contribution in [0.15, 0.2) is 85.5 Å². The number of imide groups is 1. The summed E-state index contributed by atoms with van der Waals surface area (Å²) in [4.78, 5) is 34.8. The highest BCUT2D eigenvalue weighted by Crippen LogP contribution is 2.41. The Kier molecular flexibility index (Phi) is 5.79. The molecule has 0 bridgehead atoms. The monoisotopic (exact) mass is 463 g/mol.